The Labute approximate surface area is 412 Å². The highest BCUT2D eigenvalue weighted by atomic mass is 16.3. The van der Waals surface area contributed by atoms with Crippen molar-refractivity contribution in [2.24, 2.45) is 0 Å². The Hall–Kier alpha value is -9.44. The molecule has 0 fully saturated rings. The van der Waals surface area contributed by atoms with Gasteiger partial charge >= 0.3 is 0 Å². The Morgan fingerprint density at radius 2 is 0.704 bits per heavy atom. The number of hydrogen-bond donors (Lipinski definition) is 0. The average molecular weight is 905 g/mol. The second-order valence-corrected chi connectivity index (χ2v) is 18.1. The molecule has 0 aliphatic rings. The van der Waals surface area contributed by atoms with Crippen molar-refractivity contribution in [2.75, 3.05) is 0 Å². The second-order valence-electron chi connectivity index (χ2n) is 18.1. The van der Waals surface area contributed by atoms with Gasteiger partial charge in [-0.05, 0) is 120 Å². The lowest BCUT2D eigenvalue weighted by molar-refractivity contribution is 0.669. The summed E-state index contributed by atoms with van der Waals surface area (Å²) in [5.74, 6) is 0.694. The Morgan fingerprint density at radius 1 is 0.254 bits per heavy atom. The molecule has 3 heteroatoms. The summed E-state index contributed by atoms with van der Waals surface area (Å²) in [4.78, 5) is 10.3. The molecular formula is C68H44N2O. The fourth-order valence-electron chi connectivity index (χ4n) is 10.1. The van der Waals surface area contributed by atoms with Crippen LogP contribution in [0.3, 0.4) is 0 Å². The molecular weight excluding hydrogens is 861 g/mol. The third kappa shape index (κ3) is 7.96. The highest BCUT2D eigenvalue weighted by molar-refractivity contribution is 6.19. The van der Waals surface area contributed by atoms with E-state index in [1.807, 2.05) is 24.3 Å². The maximum absolute atomic E-state index is 6.50. The van der Waals surface area contributed by atoms with Gasteiger partial charge in [0.25, 0.3) is 0 Å². The first-order chi connectivity index (χ1) is 35.2. The predicted octanol–water partition coefficient (Wildman–Crippen LogP) is 18.5. The van der Waals surface area contributed by atoms with E-state index in [0.29, 0.717) is 5.82 Å². The number of aromatic nitrogens is 2. The van der Waals surface area contributed by atoms with E-state index in [1.165, 1.54) is 27.5 Å². The first kappa shape index (κ1) is 41.7. The van der Waals surface area contributed by atoms with Gasteiger partial charge in [0.1, 0.15) is 11.2 Å². The summed E-state index contributed by atoms with van der Waals surface area (Å²) in [5, 5.41) is 4.64. The van der Waals surface area contributed by atoms with Crippen LogP contribution in [0, 0.1) is 0 Å². The van der Waals surface area contributed by atoms with Crippen LogP contribution in [0.1, 0.15) is 0 Å². The van der Waals surface area contributed by atoms with Crippen molar-refractivity contribution >= 4 is 32.7 Å². The van der Waals surface area contributed by atoms with Gasteiger partial charge < -0.3 is 4.42 Å². The van der Waals surface area contributed by atoms with Crippen LogP contribution in [0.4, 0.5) is 0 Å². The monoisotopic (exact) mass is 904 g/mol. The van der Waals surface area contributed by atoms with Gasteiger partial charge in [0.05, 0.1) is 11.4 Å². The standard InChI is InChI=1S/C68H44N2O/c1-5-16-45(17-6-1)47-28-32-50(33-29-47)62-44-63(70-68(69-62)53-23-11-4-12-24-53)51-34-30-48(31-35-51)54-25-15-26-55(40-54)59-42-57(46-18-7-2-8-19-46)43-60(66(59)52-21-9-3-10-22-52)56-37-38-64-61(41-56)67-58-27-14-13-20-49(58)36-39-65(67)71-64/h1-44H. The minimum Gasteiger partial charge on any atom is -0.456 e. The molecule has 0 atom stereocenters. The molecule has 0 bridgehead atoms. The molecule has 0 N–H and O–H groups in total. The maximum atomic E-state index is 6.50. The molecule has 71 heavy (non-hydrogen) atoms. The zero-order chi connectivity index (χ0) is 47.1. The van der Waals surface area contributed by atoms with E-state index in [0.717, 1.165) is 100 Å². The number of rotatable bonds is 9. The maximum Gasteiger partial charge on any atom is 0.160 e. The first-order valence-corrected chi connectivity index (χ1v) is 24.1. The van der Waals surface area contributed by atoms with E-state index in [9.17, 15) is 0 Å². The number of fused-ring (bicyclic) bond motifs is 5. The van der Waals surface area contributed by atoms with Crippen molar-refractivity contribution in [3.05, 3.63) is 267 Å². The Kier molecular flexibility index (Phi) is 10.5. The van der Waals surface area contributed by atoms with Gasteiger partial charge in [-0.15, -0.1) is 0 Å². The molecule has 2 aromatic heterocycles. The number of hydrogen-bond acceptors (Lipinski definition) is 3. The molecule has 0 unspecified atom stereocenters. The molecule has 13 aromatic rings. The molecule has 0 saturated heterocycles. The zero-order valence-corrected chi connectivity index (χ0v) is 38.7. The average Bonchev–Trinajstić information content (AvgIpc) is 3.84. The number of benzene rings is 11. The summed E-state index contributed by atoms with van der Waals surface area (Å²) in [6, 6.07) is 95.0. The summed E-state index contributed by atoms with van der Waals surface area (Å²) < 4.78 is 6.50. The summed E-state index contributed by atoms with van der Waals surface area (Å²) in [7, 11) is 0. The largest absolute Gasteiger partial charge is 0.456 e. The Morgan fingerprint density at radius 3 is 1.34 bits per heavy atom. The van der Waals surface area contributed by atoms with Crippen molar-refractivity contribution in [3.8, 4) is 101 Å². The minimum atomic E-state index is 0.694. The van der Waals surface area contributed by atoms with Gasteiger partial charge in [0.15, 0.2) is 5.82 Å². The lowest BCUT2D eigenvalue weighted by Gasteiger charge is -2.20. The van der Waals surface area contributed by atoms with Crippen LogP contribution in [-0.4, -0.2) is 9.97 Å². The molecule has 0 radical (unpaired) electrons. The highest BCUT2D eigenvalue weighted by Gasteiger charge is 2.20. The smallest absolute Gasteiger partial charge is 0.160 e. The molecule has 11 aromatic carbocycles. The molecule has 0 spiro atoms. The Bertz CT molecular complexity index is 4050. The van der Waals surface area contributed by atoms with E-state index in [-0.39, 0.29) is 0 Å². The third-order valence-electron chi connectivity index (χ3n) is 13.7. The van der Waals surface area contributed by atoms with Crippen LogP contribution in [0.25, 0.3) is 133 Å². The molecule has 0 aliphatic heterocycles. The van der Waals surface area contributed by atoms with Gasteiger partial charge in [-0.2, -0.15) is 0 Å². The summed E-state index contributed by atoms with van der Waals surface area (Å²) >= 11 is 0. The fraction of sp³-hybridized carbons (Fsp3) is 0. The minimum absolute atomic E-state index is 0.694. The molecule has 2 heterocycles. The molecule has 0 saturated carbocycles. The van der Waals surface area contributed by atoms with E-state index in [2.05, 4.69) is 243 Å². The summed E-state index contributed by atoms with van der Waals surface area (Å²) in [6.45, 7) is 0. The van der Waals surface area contributed by atoms with E-state index >= 15 is 0 Å². The topological polar surface area (TPSA) is 38.9 Å². The fourth-order valence-corrected chi connectivity index (χ4v) is 10.1. The van der Waals surface area contributed by atoms with E-state index < -0.39 is 0 Å². The van der Waals surface area contributed by atoms with Gasteiger partial charge in [0.2, 0.25) is 0 Å². The molecule has 0 amide bonds. The van der Waals surface area contributed by atoms with Gasteiger partial charge in [-0.25, -0.2) is 9.97 Å². The SMILES string of the molecule is c1ccc(-c2ccc(-c3cc(-c4ccc(-c5cccc(-c6cc(-c7ccccc7)cc(-c7ccc8oc9ccc%10ccccc%10c9c8c7)c6-c6ccccc6)c5)cc4)nc(-c4ccccc4)n3)cc2)cc1. The van der Waals surface area contributed by atoms with Crippen molar-refractivity contribution in [3.63, 3.8) is 0 Å². The van der Waals surface area contributed by atoms with E-state index in [4.69, 9.17) is 14.4 Å². The van der Waals surface area contributed by atoms with Crippen LogP contribution >= 0.6 is 0 Å². The molecule has 13 rings (SSSR count). The van der Waals surface area contributed by atoms with Crippen molar-refractivity contribution in [1.29, 1.82) is 0 Å². The van der Waals surface area contributed by atoms with Crippen molar-refractivity contribution < 1.29 is 4.42 Å². The predicted molar refractivity (Wildman–Crippen MR) is 296 cm³/mol. The first-order valence-electron chi connectivity index (χ1n) is 24.1. The second kappa shape index (κ2) is 17.9. The summed E-state index contributed by atoms with van der Waals surface area (Å²) in [5.41, 5.74) is 20.4. The van der Waals surface area contributed by atoms with Crippen LogP contribution in [0.2, 0.25) is 0 Å². The molecule has 332 valence electrons. The number of furan rings is 1. The van der Waals surface area contributed by atoms with Crippen LogP contribution < -0.4 is 0 Å². The van der Waals surface area contributed by atoms with E-state index in [1.54, 1.807) is 0 Å². The normalized spacial score (nSPS) is 11.4. The van der Waals surface area contributed by atoms with Crippen molar-refractivity contribution in [2.45, 2.75) is 0 Å². The molecule has 0 aliphatic carbocycles. The third-order valence-corrected chi connectivity index (χ3v) is 13.7. The van der Waals surface area contributed by atoms with Gasteiger partial charge in [0, 0.05) is 27.5 Å². The van der Waals surface area contributed by atoms with Crippen molar-refractivity contribution in [1.82, 2.24) is 9.97 Å². The lowest BCUT2D eigenvalue weighted by Crippen LogP contribution is -1.96. The van der Waals surface area contributed by atoms with Crippen LogP contribution in [0.5, 0.6) is 0 Å². The zero-order valence-electron chi connectivity index (χ0n) is 38.7. The van der Waals surface area contributed by atoms with Crippen LogP contribution in [0.15, 0.2) is 271 Å². The quantitative estimate of drug-likeness (QED) is 0.145. The highest BCUT2D eigenvalue weighted by Crippen LogP contribution is 2.46. The number of nitrogens with zero attached hydrogens (tertiary/aromatic N) is 2. The van der Waals surface area contributed by atoms with Gasteiger partial charge in [-0.1, -0.05) is 224 Å². The summed E-state index contributed by atoms with van der Waals surface area (Å²) in [6.07, 6.45) is 0. The molecule has 3 nitrogen and oxygen atoms in total. The van der Waals surface area contributed by atoms with Gasteiger partial charge in [-0.3, -0.25) is 0 Å². The lowest BCUT2D eigenvalue weighted by atomic mass is 9.84. The van der Waals surface area contributed by atoms with Crippen LogP contribution in [-0.2, 0) is 0 Å². The Balaban J connectivity index is 0.923.